The molecule has 1 heterocycles. The second kappa shape index (κ2) is 7.02. The Morgan fingerprint density at radius 2 is 1.96 bits per heavy atom. The fourth-order valence-electron chi connectivity index (χ4n) is 2.09. The Kier molecular flexibility index (Phi) is 4.83. The number of hydrogen-bond donors (Lipinski definition) is 1. The number of methoxy groups -OCH3 is 1. The number of fused-ring (bicyclic) bond motifs is 1. The van der Waals surface area contributed by atoms with E-state index in [4.69, 9.17) is 4.74 Å². The third-order valence-corrected chi connectivity index (χ3v) is 5.52. The Morgan fingerprint density at radius 3 is 2.74 bits per heavy atom. The van der Waals surface area contributed by atoms with Gasteiger partial charge in [0.15, 0.2) is 4.34 Å². The number of nitrogens with zero attached hydrogens (tertiary/aromatic N) is 1. The lowest BCUT2D eigenvalue weighted by molar-refractivity contribution is -0.115. The molecule has 1 N–H and O–H groups in total. The number of benzene rings is 2. The summed E-state index contributed by atoms with van der Waals surface area (Å²) in [6, 6.07) is 15.4. The van der Waals surface area contributed by atoms with Crippen LogP contribution in [-0.2, 0) is 4.79 Å². The predicted molar refractivity (Wildman–Crippen MR) is 96.6 cm³/mol. The van der Waals surface area contributed by atoms with Crippen molar-refractivity contribution in [1.82, 2.24) is 4.98 Å². The van der Waals surface area contributed by atoms with Crippen molar-refractivity contribution in [2.75, 3.05) is 12.4 Å². The Bertz CT molecular complexity index is 799. The number of thioether (sulfide) groups is 1. The van der Waals surface area contributed by atoms with Gasteiger partial charge in [-0.25, -0.2) is 4.98 Å². The first-order valence-electron chi connectivity index (χ1n) is 7.13. The summed E-state index contributed by atoms with van der Waals surface area (Å²) >= 11 is 3.07. The number of hydrogen-bond acceptors (Lipinski definition) is 5. The number of amides is 1. The molecule has 0 bridgehead atoms. The summed E-state index contributed by atoms with van der Waals surface area (Å²) < 4.78 is 7.28. The lowest BCUT2D eigenvalue weighted by Gasteiger charge is -2.13. The molecule has 4 nitrogen and oxygen atoms in total. The highest BCUT2D eigenvalue weighted by molar-refractivity contribution is 8.02. The lowest BCUT2D eigenvalue weighted by Crippen LogP contribution is -2.22. The normalized spacial score (nSPS) is 12.1. The maximum absolute atomic E-state index is 12.4. The first-order chi connectivity index (χ1) is 11.2. The Hall–Kier alpha value is -2.05. The minimum absolute atomic E-state index is 0.0706. The fourth-order valence-corrected chi connectivity index (χ4v) is 4.30. The van der Waals surface area contributed by atoms with Gasteiger partial charge in [-0.1, -0.05) is 36.0 Å². The number of aromatic nitrogens is 1. The summed E-state index contributed by atoms with van der Waals surface area (Å²) in [5, 5.41) is 2.66. The van der Waals surface area contributed by atoms with Gasteiger partial charge in [0.05, 0.1) is 28.3 Å². The van der Waals surface area contributed by atoms with E-state index in [2.05, 4.69) is 10.3 Å². The first kappa shape index (κ1) is 15.8. The molecule has 0 aliphatic heterocycles. The van der Waals surface area contributed by atoms with E-state index in [0.717, 1.165) is 14.6 Å². The topological polar surface area (TPSA) is 51.2 Å². The van der Waals surface area contributed by atoms with Crippen LogP contribution in [0.2, 0.25) is 0 Å². The van der Waals surface area contributed by atoms with Crippen LogP contribution in [0.5, 0.6) is 5.75 Å². The van der Waals surface area contributed by atoms with Gasteiger partial charge in [0, 0.05) is 0 Å². The SMILES string of the molecule is COc1ccccc1NC(=O)C(C)Sc1nc2ccccc2s1. The molecule has 2 aromatic carbocycles. The molecule has 0 fully saturated rings. The zero-order valence-corrected chi connectivity index (χ0v) is 14.4. The molecule has 3 aromatic rings. The van der Waals surface area contributed by atoms with Crippen LogP contribution in [0.15, 0.2) is 52.9 Å². The molecule has 118 valence electrons. The van der Waals surface area contributed by atoms with E-state index in [1.807, 2.05) is 55.5 Å². The van der Waals surface area contributed by atoms with Gasteiger partial charge in [-0.3, -0.25) is 4.79 Å². The Morgan fingerprint density at radius 1 is 1.22 bits per heavy atom. The van der Waals surface area contributed by atoms with E-state index in [9.17, 15) is 4.79 Å². The summed E-state index contributed by atoms with van der Waals surface area (Å²) in [7, 11) is 1.59. The van der Waals surface area contributed by atoms with Crippen molar-refractivity contribution in [2.24, 2.45) is 0 Å². The molecule has 0 radical (unpaired) electrons. The van der Waals surface area contributed by atoms with E-state index in [0.29, 0.717) is 11.4 Å². The standard InChI is InChI=1S/C17H16N2O2S2/c1-11(16(20)18-12-7-3-5-9-14(12)21-2)22-17-19-13-8-4-6-10-15(13)23-17/h3-11H,1-2H3,(H,18,20). The van der Waals surface area contributed by atoms with Crippen molar-refractivity contribution in [3.63, 3.8) is 0 Å². The van der Waals surface area contributed by atoms with Gasteiger partial charge in [0.25, 0.3) is 0 Å². The molecule has 6 heteroatoms. The van der Waals surface area contributed by atoms with Crippen LogP contribution in [-0.4, -0.2) is 23.3 Å². The van der Waals surface area contributed by atoms with E-state index in [1.54, 1.807) is 18.4 Å². The largest absolute Gasteiger partial charge is 0.495 e. The van der Waals surface area contributed by atoms with E-state index in [1.165, 1.54) is 11.8 Å². The molecular weight excluding hydrogens is 328 g/mol. The average molecular weight is 344 g/mol. The molecule has 0 saturated carbocycles. The average Bonchev–Trinajstić information content (AvgIpc) is 2.97. The first-order valence-corrected chi connectivity index (χ1v) is 8.83. The highest BCUT2D eigenvalue weighted by Crippen LogP contribution is 2.32. The maximum Gasteiger partial charge on any atom is 0.237 e. The third-order valence-electron chi connectivity index (χ3n) is 3.29. The van der Waals surface area contributed by atoms with Crippen molar-refractivity contribution in [3.8, 4) is 5.75 Å². The summed E-state index contributed by atoms with van der Waals surface area (Å²) in [6.45, 7) is 1.88. The molecule has 3 rings (SSSR count). The van der Waals surface area contributed by atoms with Gasteiger partial charge in [-0.15, -0.1) is 11.3 Å². The second-order valence-electron chi connectivity index (χ2n) is 4.90. The number of nitrogens with one attached hydrogen (secondary N) is 1. The van der Waals surface area contributed by atoms with E-state index >= 15 is 0 Å². The van der Waals surface area contributed by atoms with Gasteiger partial charge in [0.2, 0.25) is 5.91 Å². The van der Waals surface area contributed by atoms with Crippen molar-refractivity contribution >= 4 is 44.9 Å². The van der Waals surface area contributed by atoms with Crippen molar-refractivity contribution < 1.29 is 9.53 Å². The van der Waals surface area contributed by atoms with Crippen LogP contribution in [0.3, 0.4) is 0 Å². The molecule has 1 unspecified atom stereocenters. The molecule has 0 spiro atoms. The number of para-hydroxylation sites is 3. The van der Waals surface area contributed by atoms with Crippen LogP contribution in [0, 0.1) is 0 Å². The number of carbonyl (C=O) groups is 1. The van der Waals surface area contributed by atoms with Gasteiger partial charge >= 0.3 is 0 Å². The molecule has 0 aliphatic rings. The van der Waals surface area contributed by atoms with Crippen LogP contribution in [0.25, 0.3) is 10.2 Å². The van der Waals surface area contributed by atoms with Crippen molar-refractivity contribution in [1.29, 1.82) is 0 Å². The quantitative estimate of drug-likeness (QED) is 0.696. The highest BCUT2D eigenvalue weighted by atomic mass is 32.2. The predicted octanol–water partition coefficient (Wildman–Crippen LogP) is 4.42. The molecular formula is C17H16N2O2S2. The van der Waals surface area contributed by atoms with Crippen LogP contribution in [0.1, 0.15) is 6.92 Å². The molecule has 0 saturated heterocycles. The number of ether oxygens (including phenoxy) is 1. The van der Waals surface area contributed by atoms with Gasteiger partial charge in [-0.2, -0.15) is 0 Å². The summed E-state index contributed by atoms with van der Waals surface area (Å²) in [5.41, 5.74) is 1.65. The van der Waals surface area contributed by atoms with Gasteiger partial charge in [-0.05, 0) is 31.2 Å². The number of thiazole rings is 1. The summed E-state index contributed by atoms with van der Waals surface area (Å²) in [4.78, 5) is 16.9. The Balaban J connectivity index is 1.69. The zero-order chi connectivity index (χ0) is 16.2. The van der Waals surface area contributed by atoms with Gasteiger partial charge < -0.3 is 10.1 Å². The van der Waals surface area contributed by atoms with Gasteiger partial charge in [0.1, 0.15) is 5.75 Å². The molecule has 1 amide bonds. The fraction of sp³-hybridized carbons (Fsp3) is 0.176. The van der Waals surface area contributed by atoms with E-state index < -0.39 is 0 Å². The van der Waals surface area contributed by atoms with Crippen molar-refractivity contribution in [3.05, 3.63) is 48.5 Å². The lowest BCUT2D eigenvalue weighted by atomic mass is 10.3. The maximum atomic E-state index is 12.4. The monoisotopic (exact) mass is 344 g/mol. The zero-order valence-electron chi connectivity index (χ0n) is 12.8. The van der Waals surface area contributed by atoms with Crippen LogP contribution in [0.4, 0.5) is 5.69 Å². The molecule has 1 atom stereocenters. The molecule has 0 aliphatic carbocycles. The minimum Gasteiger partial charge on any atom is -0.495 e. The van der Waals surface area contributed by atoms with Crippen LogP contribution < -0.4 is 10.1 Å². The smallest absolute Gasteiger partial charge is 0.237 e. The van der Waals surface area contributed by atoms with Crippen LogP contribution >= 0.6 is 23.1 Å². The number of rotatable bonds is 5. The Labute approximate surface area is 142 Å². The number of anilines is 1. The molecule has 23 heavy (non-hydrogen) atoms. The third kappa shape index (κ3) is 3.65. The second-order valence-corrected chi connectivity index (χ2v) is 7.52. The highest BCUT2D eigenvalue weighted by Gasteiger charge is 2.18. The number of carbonyl (C=O) groups excluding carboxylic acids is 1. The summed E-state index contributed by atoms with van der Waals surface area (Å²) in [5.74, 6) is 0.580. The summed E-state index contributed by atoms with van der Waals surface area (Å²) in [6.07, 6.45) is 0. The molecule has 1 aromatic heterocycles. The van der Waals surface area contributed by atoms with Crippen molar-refractivity contribution in [2.45, 2.75) is 16.5 Å². The van der Waals surface area contributed by atoms with E-state index in [-0.39, 0.29) is 11.2 Å². The minimum atomic E-state index is -0.250.